The normalized spacial score (nSPS) is 13.9. The zero-order chi connectivity index (χ0) is 27.3. The van der Waals surface area contributed by atoms with E-state index in [9.17, 15) is 29.1 Å². The van der Waals surface area contributed by atoms with Gasteiger partial charge in [-0.25, -0.2) is 9.78 Å². The minimum atomic E-state index is -1.48. The Morgan fingerprint density at radius 1 is 1.03 bits per heavy atom. The molecule has 16 heteroatoms. The van der Waals surface area contributed by atoms with Gasteiger partial charge in [0.2, 0.25) is 17.7 Å². The van der Waals surface area contributed by atoms with Crippen LogP contribution in [0.25, 0.3) is 0 Å². The van der Waals surface area contributed by atoms with Crippen molar-refractivity contribution in [2.75, 3.05) is 6.54 Å². The van der Waals surface area contributed by atoms with Crippen molar-refractivity contribution in [3.8, 4) is 0 Å². The SMILES string of the molecule is C[C@H](NC(=O)[C@@H](N)CCCN=C(N)N)C(=O)N[C@@H](Cc1cnc[nH]1)C(=O)N[C@@H](CCC(=O)O)C(=O)O. The number of imidazole rings is 1. The summed E-state index contributed by atoms with van der Waals surface area (Å²) in [7, 11) is 0. The van der Waals surface area contributed by atoms with Crippen molar-refractivity contribution in [3.05, 3.63) is 18.2 Å². The molecule has 12 N–H and O–H groups in total. The fraction of sp³-hybridized carbons (Fsp3) is 0.550. The Morgan fingerprint density at radius 3 is 2.25 bits per heavy atom. The summed E-state index contributed by atoms with van der Waals surface area (Å²) in [6, 6.07) is -4.74. The van der Waals surface area contributed by atoms with E-state index in [1.54, 1.807) is 0 Å². The van der Waals surface area contributed by atoms with E-state index < -0.39 is 60.2 Å². The summed E-state index contributed by atoms with van der Waals surface area (Å²) in [5.74, 6) is -4.92. The van der Waals surface area contributed by atoms with Crippen LogP contribution in [-0.4, -0.2) is 86.5 Å². The highest BCUT2D eigenvalue weighted by molar-refractivity contribution is 5.94. The Bertz CT molecular complexity index is 932. The number of aliphatic imine (C=N–C) groups is 1. The number of aromatic nitrogens is 2. The molecule has 4 atom stereocenters. The standard InChI is InChI=1S/C20H33N9O7/c1-10(27-17(33)12(21)3-2-6-25-20(22)23)16(32)29-14(7-11-8-24-9-26-11)18(34)28-13(19(35)36)4-5-15(30)31/h8-10,12-14H,2-7,21H2,1H3,(H,24,26)(H,27,33)(H,28,34)(H,29,32)(H,30,31)(H,35,36)(H4,22,23,25)/t10-,12-,13-,14-/m0/s1. The van der Waals surface area contributed by atoms with E-state index in [-0.39, 0.29) is 31.8 Å². The van der Waals surface area contributed by atoms with Crippen LogP contribution in [0.15, 0.2) is 17.5 Å². The fourth-order valence-corrected chi connectivity index (χ4v) is 2.96. The summed E-state index contributed by atoms with van der Waals surface area (Å²) in [5.41, 5.74) is 16.7. The van der Waals surface area contributed by atoms with Crippen molar-refractivity contribution in [1.29, 1.82) is 0 Å². The van der Waals surface area contributed by atoms with Gasteiger partial charge in [0.05, 0.1) is 12.4 Å². The molecule has 0 unspecified atom stereocenters. The summed E-state index contributed by atoms with van der Waals surface area (Å²) < 4.78 is 0. The second-order valence-corrected chi connectivity index (χ2v) is 7.96. The van der Waals surface area contributed by atoms with Crippen molar-refractivity contribution < 1.29 is 34.2 Å². The molecule has 1 rings (SSSR count). The molecule has 0 aliphatic carbocycles. The number of nitrogens with zero attached hydrogens (tertiary/aromatic N) is 2. The summed E-state index contributed by atoms with van der Waals surface area (Å²) in [4.78, 5) is 70.4. The first kappa shape index (κ1) is 29.8. The van der Waals surface area contributed by atoms with Crippen molar-refractivity contribution >= 4 is 35.6 Å². The average molecular weight is 512 g/mol. The molecule has 0 aliphatic heterocycles. The first-order valence-corrected chi connectivity index (χ1v) is 11.0. The molecule has 1 aromatic rings. The van der Waals surface area contributed by atoms with Crippen LogP contribution in [0.1, 0.15) is 38.3 Å². The monoisotopic (exact) mass is 511 g/mol. The quantitative estimate of drug-likeness (QED) is 0.0603. The number of nitrogens with two attached hydrogens (primary N) is 3. The summed E-state index contributed by atoms with van der Waals surface area (Å²) >= 11 is 0. The number of carboxylic acids is 2. The van der Waals surface area contributed by atoms with Gasteiger partial charge in [-0.2, -0.15) is 0 Å². The molecule has 0 aromatic carbocycles. The van der Waals surface area contributed by atoms with E-state index in [2.05, 4.69) is 30.9 Å². The number of aliphatic carboxylic acids is 2. The number of hydrogen-bond donors (Lipinski definition) is 9. The fourth-order valence-electron chi connectivity index (χ4n) is 2.96. The van der Waals surface area contributed by atoms with Gasteiger partial charge in [-0.1, -0.05) is 0 Å². The van der Waals surface area contributed by atoms with E-state index in [1.165, 1.54) is 19.4 Å². The minimum Gasteiger partial charge on any atom is -0.481 e. The molecule has 0 bridgehead atoms. The number of carbonyl (C=O) groups is 5. The number of nitrogens with one attached hydrogen (secondary N) is 4. The number of carbonyl (C=O) groups excluding carboxylic acids is 3. The van der Waals surface area contributed by atoms with Crippen LogP contribution in [0, 0.1) is 0 Å². The molecule has 0 aliphatic rings. The number of aromatic amines is 1. The molecule has 0 saturated carbocycles. The Hall–Kier alpha value is -4.21. The highest BCUT2D eigenvalue weighted by Gasteiger charge is 2.29. The van der Waals surface area contributed by atoms with Gasteiger partial charge in [-0.3, -0.25) is 24.2 Å². The van der Waals surface area contributed by atoms with Gasteiger partial charge in [0.1, 0.15) is 18.1 Å². The minimum absolute atomic E-state index is 0.0756. The van der Waals surface area contributed by atoms with Crippen molar-refractivity contribution in [1.82, 2.24) is 25.9 Å². The molecule has 0 radical (unpaired) electrons. The van der Waals surface area contributed by atoms with Crippen LogP contribution in [0.5, 0.6) is 0 Å². The third-order valence-electron chi connectivity index (χ3n) is 4.93. The number of hydrogen-bond acceptors (Lipinski definition) is 8. The largest absolute Gasteiger partial charge is 0.481 e. The molecule has 0 spiro atoms. The third-order valence-corrected chi connectivity index (χ3v) is 4.93. The van der Waals surface area contributed by atoms with Gasteiger partial charge in [0.15, 0.2) is 5.96 Å². The first-order valence-electron chi connectivity index (χ1n) is 11.0. The molecular formula is C20H33N9O7. The van der Waals surface area contributed by atoms with Crippen LogP contribution in [0.2, 0.25) is 0 Å². The number of carboxylic acid groups (broad SMARTS) is 2. The van der Waals surface area contributed by atoms with E-state index >= 15 is 0 Å². The van der Waals surface area contributed by atoms with Gasteiger partial charge in [-0.05, 0) is 26.2 Å². The van der Waals surface area contributed by atoms with Crippen LogP contribution in [-0.2, 0) is 30.4 Å². The summed E-state index contributed by atoms with van der Waals surface area (Å²) in [6.45, 7) is 1.67. The smallest absolute Gasteiger partial charge is 0.326 e. The highest BCUT2D eigenvalue weighted by atomic mass is 16.4. The van der Waals surface area contributed by atoms with E-state index in [0.29, 0.717) is 12.1 Å². The van der Waals surface area contributed by atoms with Crippen molar-refractivity contribution in [2.45, 2.75) is 63.2 Å². The molecular weight excluding hydrogens is 478 g/mol. The molecule has 1 heterocycles. The molecule has 36 heavy (non-hydrogen) atoms. The molecule has 0 saturated heterocycles. The lowest BCUT2D eigenvalue weighted by Gasteiger charge is -2.23. The summed E-state index contributed by atoms with van der Waals surface area (Å²) in [6.07, 6.45) is 2.56. The number of amides is 3. The van der Waals surface area contributed by atoms with Gasteiger partial charge >= 0.3 is 11.9 Å². The Balaban J connectivity index is 2.79. The second kappa shape index (κ2) is 14.9. The maximum absolute atomic E-state index is 12.8. The van der Waals surface area contributed by atoms with E-state index in [0.717, 1.165) is 0 Å². The van der Waals surface area contributed by atoms with Gasteiger partial charge in [0, 0.05) is 31.3 Å². The number of guanidine groups is 1. The van der Waals surface area contributed by atoms with Gasteiger partial charge < -0.3 is 48.3 Å². The Morgan fingerprint density at radius 2 is 1.69 bits per heavy atom. The predicted molar refractivity (Wildman–Crippen MR) is 126 cm³/mol. The zero-order valence-electron chi connectivity index (χ0n) is 19.8. The van der Waals surface area contributed by atoms with Gasteiger partial charge in [0.25, 0.3) is 0 Å². The predicted octanol–water partition coefficient (Wildman–Crippen LogP) is -3.24. The van der Waals surface area contributed by atoms with Crippen molar-refractivity contribution in [2.24, 2.45) is 22.2 Å². The molecule has 1 aromatic heterocycles. The lowest BCUT2D eigenvalue weighted by atomic mass is 10.1. The third kappa shape index (κ3) is 11.3. The average Bonchev–Trinajstić information content (AvgIpc) is 3.31. The Labute approximate surface area is 206 Å². The van der Waals surface area contributed by atoms with Crippen LogP contribution in [0.4, 0.5) is 0 Å². The zero-order valence-corrected chi connectivity index (χ0v) is 19.8. The lowest BCUT2D eigenvalue weighted by molar-refractivity contribution is -0.143. The van der Waals surface area contributed by atoms with Crippen LogP contribution < -0.4 is 33.2 Å². The molecule has 16 nitrogen and oxygen atoms in total. The van der Waals surface area contributed by atoms with Crippen LogP contribution >= 0.6 is 0 Å². The van der Waals surface area contributed by atoms with E-state index in [4.69, 9.17) is 22.3 Å². The molecule has 0 fully saturated rings. The van der Waals surface area contributed by atoms with E-state index in [1.807, 2.05) is 0 Å². The maximum Gasteiger partial charge on any atom is 0.326 e. The highest BCUT2D eigenvalue weighted by Crippen LogP contribution is 2.04. The second-order valence-electron chi connectivity index (χ2n) is 7.96. The van der Waals surface area contributed by atoms with Crippen LogP contribution in [0.3, 0.4) is 0 Å². The first-order chi connectivity index (χ1) is 16.9. The number of rotatable bonds is 16. The maximum atomic E-state index is 12.8. The lowest BCUT2D eigenvalue weighted by Crippen LogP contribution is -2.57. The summed E-state index contributed by atoms with van der Waals surface area (Å²) in [5, 5.41) is 25.3. The topological polar surface area (TPSA) is 281 Å². The Kier molecular flexibility index (Phi) is 12.4. The van der Waals surface area contributed by atoms with Gasteiger partial charge in [-0.15, -0.1) is 0 Å². The van der Waals surface area contributed by atoms with Crippen molar-refractivity contribution in [3.63, 3.8) is 0 Å². The molecule has 3 amide bonds. The molecule has 200 valence electrons. The number of H-pyrrole nitrogens is 1.